The molecule has 4 nitrogen and oxygen atoms in total. The van der Waals surface area contributed by atoms with Gasteiger partial charge in [-0.15, -0.1) is 0 Å². The summed E-state index contributed by atoms with van der Waals surface area (Å²) in [6, 6.07) is 11.5. The van der Waals surface area contributed by atoms with Crippen LogP contribution in [-0.4, -0.2) is 18.1 Å². The summed E-state index contributed by atoms with van der Waals surface area (Å²) >= 11 is 4.85. The Hall–Kier alpha value is -2.32. The molecule has 0 radical (unpaired) electrons. The van der Waals surface area contributed by atoms with E-state index >= 15 is 0 Å². The smallest absolute Gasteiger partial charge is 0.306 e. The molecule has 1 aliphatic rings. The SMILES string of the molecule is COC(=O)CC1(C(S)c2ccncc2-c2ccc(C#N)cc2)CC1. The molecule has 24 heavy (non-hydrogen) atoms. The summed E-state index contributed by atoms with van der Waals surface area (Å²) < 4.78 is 4.84. The number of aromatic nitrogens is 1. The number of esters is 1. The number of carbonyl (C=O) groups excluding carboxylic acids is 1. The number of carbonyl (C=O) groups is 1. The van der Waals surface area contributed by atoms with Gasteiger partial charge in [0.05, 0.1) is 25.2 Å². The molecule has 1 atom stereocenters. The molecule has 5 heteroatoms. The molecule has 1 aromatic heterocycles. The van der Waals surface area contributed by atoms with Gasteiger partial charge in [-0.05, 0) is 47.6 Å². The van der Waals surface area contributed by atoms with Crippen LogP contribution in [0.15, 0.2) is 42.7 Å². The Balaban J connectivity index is 1.94. The molecule has 0 bridgehead atoms. The molecule has 0 amide bonds. The van der Waals surface area contributed by atoms with Crippen molar-refractivity contribution in [2.45, 2.75) is 24.5 Å². The Morgan fingerprint density at radius 2 is 2.08 bits per heavy atom. The van der Waals surface area contributed by atoms with Crippen LogP contribution >= 0.6 is 12.6 Å². The maximum atomic E-state index is 11.7. The lowest BCUT2D eigenvalue weighted by atomic mass is 9.88. The third kappa shape index (κ3) is 3.15. The van der Waals surface area contributed by atoms with Crippen LogP contribution in [0.25, 0.3) is 11.1 Å². The average Bonchev–Trinajstić information content (AvgIpc) is 3.41. The van der Waals surface area contributed by atoms with E-state index in [9.17, 15) is 4.79 Å². The number of methoxy groups -OCH3 is 1. The predicted octanol–water partition coefficient (Wildman–Crippen LogP) is 3.93. The van der Waals surface area contributed by atoms with Gasteiger partial charge in [-0.3, -0.25) is 9.78 Å². The van der Waals surface area contributed by atoms with Gasteiger partial charge in [0.1, 0.15) is 0 Å². The van der Waals surface area contributed by atoms with E-state index in [1.807, 2.05) is 24.4 Å². The number of hydrogen-bond acceptors (Lipinski definition) is 5. The average molecular weight is 338 g/mol. The normalized spacial score (nSPS) is 16.0. The van der Waals surface area contributed by atoms with Crippen molar-refractivity contribution < 1.29 is 9.53 Å². The maximum Gasteiger partial charge on any atom is 0.306 e. The van der Waals surface area contributed by atoms with Gasteiger partial charge in [0, 0.05) is 23.2 Å². The molecule has 1 fully saturated rings. The summed E-state index contributed by atoms with van der Waals surface area (Å²) in [6.07, 6.45) is 5.87. The molecular formula is C19H18N2O2S. The van der Waals surface area contributed by atoms with Crippen molar-refractivity contribution in [3.63, 3.8) is 0 Å². The van der Waals surface area contributed by atoms with Gasteiger partial charge >= 0.3 is 5.97 Å². The van der Waals surface area contributed by atoms with Crippen LogP contribution in [-0.2, 0) is 9.53 Å². The first-order valence-corrected chi connectivity index (χ1v) is 8.30. The third-order valence-corrected chi connectivity index (χ3v) is 5.50. The Morgan fingerprint density at radius 1 is 1.38 bits per heavy atom. The minimum Gasteiger partial charge on any atom is -0.469 e. The molecule has 0 spiro atoms. The highest BCUT2D eigenvalue weighted by Gasteiger charge is 2.50. The fourth-order valence-corrected chi connectivity index (χ4v) is 3.58. The zero-order valence-corrected chi connectivity index (χ0v) is 14.3. The van der Waals surface area contributed by atoms with Crippen molar-refractivity contribution >= 4 is 18.6 Å². The largest absolute Gasteiger partial charge is 0.469 e. The lowest BCUT2D eigenvalue weighted by Gasteiger charge is -2.24. The highest BCUT2D eigenvalue weighted by Crippen LogP contribution is 2.61. The van der Waals surface area contributed by atoms with Crippen molar-refractivity contribution in [3.8, 4) is 17.2 Å². The Morgan fingerprint density at radius 3 is 2.67 bits per heavy atom. The number of nitriles is 1. The van der Waals surface area contributed by atoms with Crippen molar-refractivity contribution in [1.29, 1.82) is 5.26 Å². The van der Waals surface area contributed by atoms with Crippen molar-refractivity contribution in [1.82, 2.24) is 4.98 Å². The van der Waals surface area contributed by atoms with Crippen LogP contribution < -0.4 is 0 Å². The molecule has 2 aromatic rings. The van der Waals surface area contributed by atoms with E-state index < -0.39 is 0 Å². The standard InChI is InChI=1S/C19H18N2O2S/c1-23-17(22)10-19(7-8-19)18(24)15-6-9-21-12-16(15)14-4-2-13(11-20)3-5-14/h2-6,9,12,18,24H,7-8,10H2,1H3. The van der Waals surface area contributed by atoms with Gasteiger partial charge in [-0.2, -0.15) is 17.9 Å². The second-order valence-electron chi connectivity index (χ2n) is 6.17. The van der Waals surface area contributed by atoms with E-state index in [0.29, 0.717) is 12.0 Å². The third-order valence-electron chi connectivity index (χ3n) is 4.67. The highest BCUT2D eigenvalue weighted by molar-refractivity contribution is 7.80. The van der Waals surface area contributed by atoms with Crippen LogP contribution in [0.5, 0.6) is 0 Å². The summed E-state index contributed by atoms with van der Waals surface area (Å²) in [5.41, 5.74) is 3.51. The van der Waals surface area contributed by atoms with Crippen LogP contribution in [0.2, 0.25) is 0 Å². The quantitative estimate of drug-likeness (QED) is 0.663. The highest BCUT2D eigenvalue weighted by atomic mass is 32.1. The number of ether oxygens (including phenoxy) is 1. The lowest BCUT2D eigenvalue weighted by molar-refractivity contribution is -0.142. The zero-order chi connectivity index (χ0) is 17.2. The van der Waals surface area contributed by atoms with Gasteiger partial charge in [-0.1, -0.05) is 12.1 Å². The number of thiol groups is 1. The first kappa shape index (κ1) is 16.5. The number of hydrogen-bond donors (Lipinski definition) is 1. The van der Waals surface area contributed by atoms with Gasteiger partial charge in [0.15, 0.2) is 0 Å². The molecular weight excluding hydrogens is 320 g/mol. The predicted molar refractivity (Wildman–Crippen MR) is 94.4 cm³/mol. The first-order valence-electron chi connectivity index (χ1n) is 7.79. The number of pyridine rings is 1. The molecule has 1 unspecified atom stereocenters. The van der Waals surface area contributed by atoms with Gasteiger partial charge < -0.3 is 4.74 Å². The van der Waals surface area contributed by atoms with Crippen LogP contribution in [0.1, 0.15) is 35.6 Å². The number of rotatable bonds is 5. The minimum absolute atomic E-state index is 0.0646. The Labute approximate surface area is 146 Å². The van der Waals surface area contributed by atoms with Crippen molar-refractivity contribution in [3.05, 3.63) is 53.9 Å². The van der Waals surface area contributed by atoms with Gasteiger partial charge in [0.2, 0.25) is 0 Å². The molecule has 122 valence electrons. The fourth-order valence-electron chi connectivity index (χ4n) is 3.01. The second kappa shape index (κ2) is 6.66. The zero-order valence-electron chi connectivity index (χ0n) is 13.4. The number of nitrogens with zero attached hydrogens (tertiary/aromatic N) is 2. The second-order valence-corrected chi connectivity index (χ2v) is 6.69. The molecule has 3 rings (SSSR count). The summed E-state index contributed by atoms with van der Waals surface area (Å²) in [4.78, 5) is 16.0. The summed E-state index contributed by atoms with van der Waals surface area (Å²) in [5.74, 6) is -0.194. The van der Waals surface area contributed by atoms with E-state index in [1.165, 1.54) is 7.11 Å². The minimum atomic E-state index is -0.194. The number of benzene rings is 1. The fraction of sp³-hybridized carbons (Fsp3) is 0.316. The van der Waals surface area contributed by atoms with E-state index in [-0.39, 0.29) is 16.6 Å². The first-order chi connectivity index (χ1) is 11.6. The van der Waals surface area contributed by atoms with E-state index in [0.717, 1.165) is 29.5 Å². The van der Waals surface area contributed by atoms with Crippen LogP contribution in [0, 0.1) is 16.7 Å². The molecule has 0 N–H and O–H groups in total. The van der Waals surface area contributed by atoms with Gasteiger partial charge in [-0.25, -0.2) is 0 Å². The molecule has 0 saturated heterocycles. The summed E-state index contributed by atoms with van der Waals surface area (Å²) in [6.45, 7) is 0. The van der Waals surface area contributed by atoms with Crippen LogP contribution in [0.3, 0.4) is 0 Å². The van der Waals surface area contributed by atoms with E-state index in [1.54, 1.807) is 18.3 Å². The monoisotopic (exact) mass is 338 g/mol. The van der Waals surface area contributed by atoms with Crippen LogP contribution in [0.4, 0.5) is 0 Å². The molecule has 1 aromatic carbocycles. The molecule has 0 aliphatic heterocycles. The van der Waals surface area contributed by atoms with E-state index in [2.05, 4.69) is 11.1 Å². The Bertz CT molecular complexity index is 792. The molecule has 1 saturated carbocycles. The maximum absolute atomic E-state index is 11.7. The lowest BCUT2D eigenvalue weighted by Crippen LogP contribution is -2.16. The topological polar surface area (TPSA) is 63.0 Å². The molecule has 1 heterocycles. The Kier molecular flexibility index (Phi) is 4.59. The van der Waals surface area contributed by atoms with Crippen molar-refractivity contribution in [2.24, 2.45) is 5.41 Å². The summed E-state index contributed by atoms with van der Waals surface area (Å²) in [5, 5.41) is 8.88. The van der Waals surface area contributed by atoms with Crippen molar-refractivity contribution in [2.75, 3.05) is 7.11 Å². The summed E-state index contributed by atoms with van der Waals surface area (Å²) in [7, 11) is 1.42. The van der Waals surface area contributed by atoms with E-state index in [4.69, 9.17) is 22.6 Å². The molecule has 1 aliphatic carbocycles. The van der Waals surface area contributed by atoms with Gasteiger partial charge in [0.25, 0.3) is 0 Å².